The topological polar surface area (TPSA) is 78.4 Å². The van der Waals surface area contributed by atoms with Gasteiger partial charge in [-0.25, -0.2) is 4.79 Å². The van der Waals surface area contributed by atoms with Crippen LogP contribution in [0.5, 0.6) is 0 Å². The van der Waals surface area contributed by atoms with Gasteiger partial charge in [0.1, 0.15) is 6.17 Å². The Labute approximate surface area is 166 Å². The van der Waals surface area contributed by atoms with E-state index in [2.05, 4.69) is 29.7 Å². The van der Waals surface area contributed by atoms with Gasteiger partial charge in [0.2, 0.25) is 5.91 Å². The van der Waals surface area contributed by atoms with Crippen molar-refractivity contribution >= 4 is 12.0 Å². The fraction of sp³-hybridized carbons (Fsp3) is 0.818. The Morgan fingerprint density at radius 2 is 1.41 bits per heavy atom. The van der Waals surface area contributed by atoms with Crippen molar-refractivity contribution in [3.63, 3.8) is 0 Å². The molecule has 0 aliphatic rings. The number of carbonyl (C=O) groups excluding carboxylic acids is 1. The van der Waals surface area contributed by atoms with Crippen molar-refractivity contribution in [1.29, 1.82) is 0 Å². The molecular formula is C22H42N2O3. The molecule has 5 nitrogen and oxygen atoms in total. The molecule has 0 aromatic heterocycles. The maximum atomic E-state index is 12.0. The Hall–Kier alpha value is -1.52. The third-order valence-electron chi connectivity index (χ3n) is 4.51. The first-order valence-electron chi connectivity index (χ1n) is 10.9. The van der Waals surface area contributed by atoms with Gasteiger partial charge in [-0.05, 0) is 44.4 Å². The quantitative estimate of drug-likeness (QED) is 0.164. The number of carboxylic acid groups (broad SMARTS) is 1. The van der Waals surface area contributed by atoms with Crippen molar-refractivity contribution in [3.8, 4) is 0 Å². The lowest BCUT2D eigenvalue weighted by atomic mass is 10.1. The summed E-state index contributed by atoms with van der Waals surface area (Å²) in [5, 5.41) is 14.0. The van der Waals surface area contributed by atoms with Crippen LogP contribution in [0.15, 0.2) is 12.2 Å². The second-order valence-corrected chi connectivity index (χ2v) is 7.83. The Morgan fingerprint density at radius 1 is 0.852 bits per heavy atom. The molecule has 0 saturated heterocycles. The molecule has 0 rings (SSSR count). The first-order chi connectivity index (χ1) is 13.0. The summed E-state index contributed by atoms with van der Waals surface area (Å²) in [6.45, 7) is 6.25. The van der Waals surface area contributed by atoms with Crippen molar-refractivity contribution in [2.45, 2.75) is 110 Å². The second-order valence-electron chi connectivity index (χ2n) is 7.83. The van der Waals surface area contributed by atoms with Gasteiger partial charge in [-0.15, -0.1) is 0 Å². The summed E-state index contributed by atoms with van der Waals surface area (Å²) in [5.74, 6) is 0.243. The van der Waals surface area contributed by atoms with Gasteiger partial charge in [0.15, 0.2) is 0 Å². The van der Waals surface area contributed by atoms with E-state index in [-0.39, 0.29) is 5.91 Å². The number of hydrogen-bond acceptors (Lipinski definition) is 2. The highest BCUT2D eigenvalue weighted by Gasteiger charge is 2.15. The Balaban J connectivity index is 3.61. The first-order valence-corrected chi connectivity index (χ1v) is 10.9. The highest BCUT2D eigenvalue weighted by Crippen LogP contribution is 2.09. The molecule has 158 valence electrons. The van der Waals surface area contributed by atoms with E-state index < -0.39 is 12.3 Å². The van der Waals surface area contributed by atoms with Crippen molar-refractivity contribution < 1.29 is 14.7 Å². The van der Waals surface area contributed by atoms with Crippen molar-refractivity contribution in [1.82, 2.24) is 10.6 Å². The largest absolute Gasteiger partial charge is 0.465 e. The zero-order chi connectivity index (χ0) is 20.3. The Kier molecular flexibility index (Phi) is 16.9. The standard InChI is InChI=1S/C22H42N2O3/c1-4-5-6-7-8-9-10-11-12-13-14-15-16-17-21(25)23-20(18-19(2)3)24-22(26)27/h9-10,19-20,24H,4-8,11-18H2,1-3H3,(H,23,25)(H,26,27)/b10-9-. The smallest absolute Gasteiger partial charge is 0.406 e. The maximum absolute atomic E-state index is 12.0. The second kappa shape index (κ2) is 17.9. The van der Waals surface area contributed by atoms with Gasteiger partial charge in [-0.2, -0.15) is 0 Å². The van der Waals surface area contributed by atoms with Crippen LogP contribution in [0.3, 0.4) is 0 Å². The van der Waals surface area contributed by atoms with Gasteiger partial charge in [-0.1, -0.05) is 71.4 Å². The van der Waals surface area contributed by atoms with Crippen molar-refractivity contribution in [2.24, 2.45) is 5.92 Å². The monoisotopic (exact) mass is 382 g/mol. The molecule has 0 saturated carbocycles. The fourth-order valence-electron chi connectivity index (χ4n) is 3.04. The number of unbranched alkanes of at least 4 members (excludes halogenated alkanes) is 9. The van der Waals surface area contributed by atoms with Crippen LogP contribution >= 0.6 is 0 Å². The SMILES string of the molecule is CCCCCC/C=C\CCCCCCCC(=O)NC(CC(C)C)NC(=O)O. The molecule has 0 aliphatic carbocycles. The number of amides is 2. The molecule has 1 atom stereocenters. The zero-order valence-corrected chi connectivity index (χ0v) is 17.8. The van der Waals surface area contributed by atoms with Gasteiger partial charge in [0, 0.05) is 6.42 Å². The van der Waals surface area contributed by atoms with Crippen LogP contribution in [0.2, 0.25) is 0 Å². The number of allylic oxidation sites excluding steroid dienone is 2. The lowest BCUT2D eigenvalue weighted by Crippen LogP contribution is -2.48. The minimum atomic E-state index is -1.10. The summed E-state index contributed by atoms with van der Waals surface area (Å²) in [6.07, 6.45) is 17.3. The van der Waals surface area contributed by atoms with Crippen LogP contribution in [0.1, 0.15) is 104 Å². The van der Waals surface area contributed by atoms with Crippen LogP contribution in [-0.2, 0) is 4.79 Å². The molecule has 0 bridgehead atoms. The van der Waals surface area contributed by atoms with Gasteiger partial charge in [0.25, 0.3) is 0 Å². The minimum absolute atomic E-state index is 0.0691. The molecule has 5 heteroatoms. The van der Waals surface area contributed by atoms with E-state index >= 15 is 0 Å². The van der Waals surface area contributed by atoms with Gasteiger partial charge in [-0.3, -0.25) is 4.79 Å². The summed E-state index contributed by atoms with van der Waals surface area (Å²) in [4.78, 5) is 22.8. The Bertz CT molecular complexity index is 408. The molecule has 0 fully saturated rings. The summed E-state index contributed by atoms with van der Waals surface area (Å²) in [6, 6.07) is 0. The molecule has 0 aromatic rings. The summed E-state index contributed by atoms with van der Waals surface area (Å²) < 4.78 is 0. The molecular weight excluding hydrogens is 340 g/mol. The van der Waals surface area contributed by atoms with E-state index in [4.69, 9.17) is 5.11 Å². The van der Waals surface area contributed by atoms with E-state index in [1.807, 2.05) is 13.8 Å². The third kappa shape index (κ3) is 19.1. The predicted octanol–water partition coefficient (Wildman–Crippen LogP) is 6.00. The number of hydrogen-bond donors (Lipinski definition) is 3. The zero-order valence-electron chi connectivity index (χ0n) is 17.8. The van der Waals surface area contributed by atoms with Gasteiger partial charge < -0.3 is 15.7 Å². The highest BCUT2D eigenvalue weighted by molar-refractivity contribution is 5.76. The van der Waals surface area contributed by atoms with Crippen LogP contribution < -0.4 is 10.6 Å². The summed E-state index contributed by atoms with van der Waals surface area (Å²) >= 11 is 0. The van der Waals surface area contributed by atoms with E-state index in [1.165, 1.54) is 44.9 Å². The molecule has 0 spiro atoms. The predicted molar refractivity (Wildman–Crippen MR) is 113 cm³/mol. The van der Waals surface area contributed by atoms with Crippen molar-refractivity contribution in [3.05, 3.63) is 12.2 Å². The maximum Gasteiger partial charge on any atom is 0.406 e. The lowest BCUT2D eigenvalue weighted by Gasteiger charge is -2.20. The third-order valence-corrected chi connectivity index (χ3v) is 4.51. The van der Waals surface area contributed by atoms with Crippen LogP contribution in [0.4, 0.5) is 4.79 Å². The van der Waals surface area contributed by atoms with E-state index in [9.17, 15) is 9.59 Å². The van der Waals surface area contributed by atoms with E-state index in [0.717, 1.165) is 25.7 Å². The average molecular weight is 383 g/mol. The van der Waals surface area contributed by atoms with Gasteiger partial charge in [0.05, 0.1) is 0 Å². The van der Waals surface area contributed by atoms with Crippen LogP contribution in [0.25, 0.3) is 0 Å². The first kappa shape index (κ1) is 25.5. The van der Waals surface area contributed by atoms with Crippen LogP contribution in [-0.4, -0.2) is 23.3 Å². The van der Waals surface area contributed by atoms with Crippen LogP contribution in [0, 0.1) is 5.92 Å². The average Bonchev–Trinajstić information content (AvgIpc) is 2.57. The molecule has 0 aliphatic heterocycles. The van der Waals surface area contributed by atoms with E-state index in [0.29, 0.717) is 18.8 Å². The number of carbonyl (C=O) groups is 2. The van der Waals surface area contributed by atoms with Gasteiger partial charge >= 0.3 is 6.09 Å². The van der Waals surface area contributed by atoms with E-state index in [1.54, 1.807) is 0 Å². The number of rotatable bonds is 17. The molecule has 3 N–H and O–H groups in total. The minimum Gasteiger partial charge on any atom is -0.465 e. The Morgan fingerprint density at radius 3 is 1.96 bits per heavy atom. The lowest BCUT2D eigenvalue weighted by molar-refractivity contribution is -0.122. The molecule has 1 unspecified atom stereocenters. The normalized spacial score (nSPS) is 12.4. The molecule has 0 radical (unpaired) electrons. The highest BCUT2D eigenvalue weighted by atomic mass is 16.4. The number of nitrogens with one attached hydrogen (secondary N) is 2. The molecule has 0 heterocycles. The fourth-order valence-corrected chi connectivity index (χ4v) is 3.04. The molecule has 2 amide bonds. The summed E-state index contributed by atoms with van der Waals surface area (Å²) in [7, 11) is 0. The van der Waals surface area contributed by atoms with Crippen molar-refractivity contribution in [2.75, 3.05) is 0 Å². The summed E-state index contributed by atoms with van der Waals surface area (Å²) in [5.41, 5.74) is 0. The molecule has 27 heavy (non-hydrogen) atoms. The molecule has 0 aromatic carbocycles.